The highest BCUT2D eigenvalue weighted by atomic mass is 32.2. The molecular weight excluding hydrogens is 252 g/mol. The van der Waals surface area contributed by atoms with E-state index in [4.69, 9.17) is 5.84 Å². The summed E-state index contributed by atoms with van der Waals surface area (Å²) < 4.78 is 0. The van der Waals surface area contributed by atoms with Gasteiger partial charge in [-0.3, -0.25) is 11.3 Å². The predicted octanol–water partition coefficient (Wildman–Crippen LogP) is 2.84. The molecule has 0 spiro atoms. The Morgan fingerprint density at radius 3 is 2.89 bits per heavy atom. The van der Waals surface area contributed by atoms with Crippen molar-refractivity contribution in [3.63, 3.8) is 0 Å². The monoisotopic (exact) mass is 276 g/mol. The normalized spacial score (nSPS) is 24.2. The van der Waals surface area contributed by atoms with Gasteiger partial charge in [0, 0.05) is 11.3 Å². The number of thioether (sulfide) groups is 1. The van der Waals surface area contributed by atoms with Crippen LogP contribution >= 0.6 is 11.8 Å². The highest BCUT2D eigenvalue weighted by Gasteiger charge is 2.24. The Labute approximate surface area is 120 Å². The fourth-order valence-corrected chi connectivity index (χ4v) is 4.80. The quantitative estimate of drug-likeness (QED) is 0.656. The standard InChI is InChI=1S/C16H24N2S/c17-18-15(16-6-1-2-9-19-16)11-12-7-8-13-4-3-5-14(13)10-12/h7-8,10,15-16,18H,1-6,9,11,17H2. The van der Waals surface area contributed by atoms with E-state index in [-0.39, 0.29) is 0 Å². The van der Waals surface area contributed by atoms with E-state index in [1.165, 1.54) is 49.8 Å². The molecule has 0 saturated carbocycles. The molecule has 1 heterocycles. The van der Waals surface area contributed by atoms with E-state index in [0.717, 1.165) is 6.42 Å². The molecule has 1 aromatic rings. The number of benzene rings is 1. The summed E-state index contributed by atoms with van der Waals surface area (Å²) in [6.07, 6.45) is 8.98. The van der Waals surface area contributed by atoms with E-state index < -0.39 is 0 Å². The van der Waals surface area contributed by atoms with Gasteiger partial charge in [-0.15, -0.1) is 0 Å². The third kappa shape index (κ3) is 3.15. The zero-order valence-electron chi connectivity index (χ0n) is 11.5. The van der Waals surface area contributed by atoms with E-state index in [1.807, 2.05) is 0 Å². The van der Waals surface area contributed by atoms with E-state index in [9.17, 15) is 0 Å². The minimum absolute atomic E-state index is 0.421. The second-order valence-corrected chi connectivity index (χ2v) is 7.19. The molecule has 3 heteroatoms. The summed E-state index contributed by atoms with van der Waals surface area (Å²) in [4.78, 5) is 0. The van der Waals surface area contributed by atoms with Crippen molar-refractivity contribution in [1.29, 1.82) is 0 Å². The Bertz CT molecular complexity index is 427. The second-order valence-electron chi connectivity index (χ2n) is 5.84. The van der Waals surface area contributed by atoms with Crippen LogP contribution in [0.5, 0.6) is 0 Å². The van der Waals surface area contributed by atoms with Crippen molar-refractivity contribution >= 4 is 11.8 Å². The van der Waals surface area contributed by atoms with Gasteiger partial charge < -0.3 is 0 Å². The first kappa shape index (κ1) is 13.5. The molecule has 2 unspecified atom stereocenters. The molecule has 19 heavy (non-hydrogen) atoms. The summed E-state index contributed by atoms with van der Waals surface area (Å²) in [6.45, 7) is 0. The zero-order valence-corrected chi connectivity index (χ0v) is 12.3. The summed E-state index contributed by atoms with van der Waals surface area (Å²) in [7, 11) is 0. The molecule has 0 amide bonds. The van der Waals surface area contributed by atoms with Crippen molar-refractivity contribution in [2.75, 3.05) is 5.75 Å². The molecule has 104 valence electrons. The maximum atomic E-state index is 5.80. The summed E-state index contributed by atoms with van der Waals surface area (Å²) in [5.74, 6) is 7.10. The Hall–Kier alpha value is -0.510. The minimum Gasteiger partial charge on any atom is -0.271 e. The van der Waals surface area contributed by atoms with Crippen LogP contribution in [0.2, 0.25) is 0 Å². The van der Waals surface area contributed by atoms with Gasteiger partial charge in [0.1, 0.15) is 0 Å². The second kappa shape index (κ2) is 6.29. The Kier molecular flexibility index (Phi) is 4.46. The number of hydrogen-bond donors (Lipinski definition) is 2. The molecule has 1 aliphatic heterocycles. The third-order valence-corrected chi connectivity index (χ3v) is 6.01. The number of hydrogen-bond acceptors (Lipinski definition) is 3. The molecule has 1 fully saturated rings. The molecular formula is C16H24N2S. The fourth-order valence-electron chi connectivity index (χ4n) is 3.39. The molecule has 3 rings (SSSR count). The molecule has 3 N–H and O–H groups in total. The molecule has 1 aromatic carbocycles. The van der Waals surface area contributed by atoms with Gasteiger partial charge in [0.25, 0.3) is 0 Å². The average molecular weight is 276 g/mol. The molecule has 0 bridgehead atoms. The summed E-state index contributed by atoms with van der Waals surface area (Å²) in [5.41, 5.74) is 7.66. The van der Waals surface area contributed by atoms with Gasteiger partial charge in [0.05, 0.1) is 0 Å². The number of hydrazine groups is 1. The SMILES string of the molecule is NNC(Cc1ccc2c(c1)CCC2)C1CCCCS1. The van der Waals surface area contributed by atoms with E-state index in [0.29, 0.717) is 11.3 Å². The van der Waals surface area contributed by atoms with Crippen LogP contribution in [-0.2, 0) is 19.3 Å². The molecule has 2 aliphatic rings. The van der Waals surface area contributed by atoms with Crippen LogP contribution in [0.15, 0.2) is 18.2 Å². The largest absolute Gasteiger partial charge is 0.271 e. The van der Waals surface area contributed by atoms with Gasteiger partial charge in [0.2, 0.25) is 0 Å². The van der Waals surface area contributed by atoms with E-state index >= 15 is 0 Å². The predicted molar refractivity (Wildman–Crippen MR) is 83.4 cm³/mol. The van der Waals surface area contributed by atoms with Gasteiger partial charge in [-0.1, -0.05) is 24.6 Å². The van der Waals surface area contributed by atoms with Crippen molar-refractivity contribution < 1.29 is 0 Å². The van der Waals surface area contributed by atoms with Gasteiger partial charge in [-0.05, 0) is 61.0 Å². The fraction of sp³-hybridized carbons (Fsp3) is 0.625. The summed E-state index contributed by atoms with van der Waals surface area (Å²) in [6, 6.07) is 7.48. The number of nitrogens with two attached hydrogens (primary N) is 1. The van der Waals surface area contributed by atoms with Crippen molar-refractivity contribution in [2.24, 2.45) is 5.84 Å². The van der Waals surface area contributed by atoms with Crippen LogP contribution in [0.1, 0.15) is 42.4 Å². The molecule has 0 aromatic heterocycles. The lowest BCUT2D eigenvalue weighted by Crippen LogP contribution is -2.45. The first-order chi connectivity index (χ1) is 9.36. The van der Waals surface area contributed by atoms with E-state index in [1.54, 1.807) is 11.1 Å². The topological polar surface area (TPSA) is 38.0 Å². The van der Waals surface area contributed by atoms with Crippen LogP contribution in [0.25, 0.3) is 0 Å². The van der Waals surface area contributed by atoms with E-state index in [2.05, 4.69) is 35.4 Å². The van der Waals surface area contributed by atoms with Crippen molar-refractivity contribution in [3.8, 4) is 0 Å². The van der Waals surface area contributed by atoms with Crippen LogP contribution in [0, 0.1) is 0 Å². The molecule has 0 radical (unpaired) electrons. The highest BCUT2D eigenvalue weighted by Crippen LogP contribution is 2.29. The van der Waals surface area contributed by atoms with Gasteiger partial charge in [-0.25, -0.2) is 0 Å². The Morgan fingerprint density at radius 2 is 2.11 bits per heavy atom. The van der Waals surface area contributed by atoms with Gasteiger partial charge >= 0.3 is 0 Å². The number of fused-ring (bicyclic) bond motifs is 1. The lowest BCUT2D eigenvalue weighted by molar-refractivity contribution is 0.472. The average Bonchev–Trinajstić information content (AvgIpc) is 2.93. The highest BCUT2D eigenvalue weighted by molar-refractivity contribution is 8.00. The smallest absolute Gasteiger partial charge is 0.0369 e. The lowest BCUT2D eigenvalue weighted by Gasteiger charge is -2.29. The van der Waals surface area contributed by atoms with Crippen molar-refractivity contribution in [3.05, 3.63) is 34.9 Å². The Morgan fingerprint density at radius 1 is 1.21 bits per heavy atom. The van der Waals surface area contributed by atoms with Crippen molar-refractivity contribution in [1.82, 2.24) is 5.43 Å². The first-order valence-electron chi connectivity index (χ1n) is 7.55. The number of nitrogens with one attached hydrogen (secondary N) is 1. The maximum absolute atomic E-state index is 5.80. The van der Waals surface area contributed by atoms with Crippen LogP contribution < -0.4 is 11.3 Å². The number of rotatable bonds is 4. The molecule has 1 saturated heterocycles. The summed E-state index contributed by atoms with van der Waals surface area (Å²) >= 11 is 2.10. The molecule has 1 aliphatic carbocycles. The molecule has 2 atom stereocenters. The molecule has 2 nitrogen and oxygen atoms in total. The number of aryl methyl sites for hydroxylation is 2. The third-order valence-electron chi connectivity index (χ3n) is 4.50. The zero-order chi connectivity index (χ0) is 13.1. The lowest BCUT2D eigenvalue weighted by atomic mass is 9.97. The van der Waals surface area contributed by atoms with Crippen LogP contribution in [0.3, 0.4) is 0 Å². The maximum Gasteiger partial charge on any atom is 0.0369 e. The van der Waals surface area contributed by atoms with Crippen LogP contribution in [0.4, 0.5) is 0 Å². The van der Waals surface area contributed by atoms with Crippen LogP contribution in [-0.4, -0.2) is 17.0 Å². The van der Waals surface area contributed by atoms with Crippen molar-refractivity contribution in [2.45, 2.75) is 56.2 Å². The minimum atomic E-state index is 0.421. The van der Waals surface area contributed by atoms with Gasteiger partial charge in [-0.2, -0.15) is 11.8 Å². The summed E-state index contributed by atoms with van der Waals surface area (Å²) in [5, 5.41) is 0.687. The Balaban J connectivity index is 1.68. The first-order valence-corrected chi connectivity index (χ1v) is 8.60. The van der Waals surface area contributed by atoms with Gasteiger partial charge in [0.15, 0.2) is 0 Å².